The van der Waals surface area contributed by atoms with Gasteiger partial charge in [0.25, 0.3) is 5.56 Å². The average Bonchev–Trinajstić information content (AvgIpc) is 2.84. The number of halogens is 2. The summed E-state index contributed by atoms with van der Waals surface area (Å²) < 4.78 is 3.46. The van der Waals surface area contributed by atoms with Gasteiger partial charge in [-0.15, -0.1) is 0 Å². The Balaban J connectivity index is 2.28. The van der Waals surface area contributed by atoms with Crippen LogP contribution in [-0.2, 0) is 20.6 Å². The summed E-state index contributed by atoms with van der Waals surface area (Å²) in [6.45, 7) is 0.128. The minimum Gasteiger partial charge on any atom is -0.291 e. The lowest BCUT2D eigenvalue weighted by molar-refractivity contribution is 0.701. The molecule has 0 spiro atoms. The fraction of sp³-hybridized carbons (Fsp3) is 0.214. The third-order valence-corrected chi connectivity index (χ3v) is 4.44. The molecular weight excluding hydrogens is 343 g/mol. The van der Waals surface area contributed by atoms with Gasteiger partial charge in [-0.05, 0) is 17.7 Å². The van der Waals surface area contributed by atoms with E-state index in [2.05, 4.69) is 4.98 Å². The lowest BCUT2D eigenvalue weighted by Crippen LogP contribution is -2.37. The second kappa shape index (κ2) is 5.43. The van der Waals surface area contributed by atoms with Crippen molar-refractivity contribution in [1.82, 2.24) is 18.7 Å². The highest BCUT2D eigenvalue weighted by molar-refractivity contribution is 6.42. The van der Waals surface area contributed by atoms with Crippen LogP contribution in [0.2, 0.25) is 10.0 Å². The van der Waals surface area contributed by atoms with Gasteiger partial charge < -0.3 is 0 Å². The maximum atomic E-state index is 12.4. The van der Waals surface area contributed by atoms with Crippen molar-refractivity contribution in [2.24, 2.45) is 14.1 Å². The third-order valence-electron chi connectivity index (χ3n) is 3.71. The quantitative estimate of drug-likeness (QED) is 0.747. The highest BCUT2D eigenvalue weighted by Gasteiger charge is 2.16. The number of aryl methyl sites for hydroxylation is 1. The molecule has 0 unspecified atom stereocenters. The summed E-state index contributed by atoms with van der Waals surface area (Å²) in [5.41, 5.74) is -0.511. The first-order valence-electron chi connectivity index (χ1n) is 6.63. The second-order valence-electron chi connectivity index (χ2n) is 5.17. The van der Waals surface area contributed by atoms with Gasteiger partial charge in [0, 0.05) is 14.1 Å². The molecule has 0 saturated heterocycles. The van der Waals surface area contributed by atoms with Gasteiger partial charge in [0.15, 0.2) is 5.52 Å². The number of nitrogens with one attached hydrogen (secondary N) is 1. The van der Waals surface area contributed by atoms with Crippen LogP contribution in [0.3, 0.4) is 0 Å². The zero-order chi connectivity index (χ0) is 16.9. The van der Waals surface area contributed by atoms with Crippen LogP contribution >= 0.6 is 23.2 Å². The first kappa shape index (κ1) is 15.6. The van der Waals surface area contributed by atoms with Crippen molar-refractivity contribution < 1.29 is 0 Å². The fourth-order valence-electron chi connectivity index (χ4n) is 2.45. The number of imidazole rings is 1. The molecule has 0 aliphatic carbocycles. The number of benzene rings is 1. The van der Waals surface area contributed by atoms with Crippen molar-refractivity contribution >= 4 is 34.4 Å². The Morgan fingerprint density at radius 2 is 1.74 bits per heavy atom. The molecule has 0 bridgehead atoms. The maximum Gasteiger partial charge on any atom is 0.332 e. The summed E-state index contributed by atoms with van der Waals surface area (Å²) in [5.74, 6) is 0. The predicted molar refractivity (Wildman–Crippen MR) is 88.6 cm³/mol. The molecule has 3 rings (SSSR count). The summed E-state index contributed by atoms with van der Waals surface area (Å²) in [7, 11) is 2.86. The Labute approximate surface area is 139 Å². The van der Waals surface area contributed by atoms with E-state index in [-0.39, 0.29) is 17.7 Å². The Morgan fingerprint density at radius 1 is 1.04 bits per heavy atom. The number of rotatable bonds is 2. The summed E-state index contributed by atoms with van der Waals surface area (Å²) in [5, 5.41) is 0.761. The SMILES string of the molecule is Cn1c(=O)c2c([nH]c(=O)n2Cc2ccc(Cl)c(Cl)c2)n(C)c1=O. The van der Waals surface area contributed by atoms with E-state index < -0.39 is 16.9 Å². The standard InChI is InChI=1S/C14H12Cl2N4O3/c1-18-11-10(12(21)19(2)14(18)23)20(13(22)17-11)6-7-3-4-8(15)9(16)5-7/h3-5H,6H2,1-2H3,(H,17,22). The summed E-state index contributed by atoms with van der Waals surface area (Å²) >= 11 is 11.9. The van der Waals surface area contributed by atoms with E-state index in [1.54, 1.807) is 18.2 Å². The van der Waals surface area contributed by atoms with Crippen molar-refractivity contribution in [1.29, 1.82) is 0 Å². The number of hydrogen-bond acceptors (Lipinski definition) is 3. The predicted octanol–water partition coefficient (Wildman–Crippen LogP) is 1.08. The highest BCUT2D eigenvalue weighted by atomic mass is 35.5. The van der Waals surface area contributed by atoms with Crippen LogP contribution in [0.15, 0.2) is 32.6 Å². The Kier molecular flexibility index (Phi) is 3.69. The molecule has 120 valence electrons. The van der Waals surface area contributed by atoms with Crippen molar-refractivity contribution in [3.05, 3.63) is 65.1 Å². The zero-order valence-corrected chi connectivity index (χ0v) is 13.8. The Hall–Kier alpha value is -2.25. The molecule has 0 fully saturated rings. The molecule has 1 N–H and O–H groups in total. The molecule has 7 nitrogen and oxygen atoms in total. The average molecular weight is 355 g/mol. The molecule has 3 aromatic rings. The molecule has 0 aliphatic heterocycles. The number of aromatic amines is 1. The van der Waals surface area contributed by atoms with E-state index in [1.165, 1.54) is 23.2 Å². The number of nitrogens with zero attached hydrogens (tertiary/aromatic N) is 3. The van der Waals surface area contributed by atoms with E-state index in [0.717, 1.165) is 4.57 Å². The summed E-state index contributed by atoms with van der Waals surface area (Å²) in [6.07, 6.45) is 0. The summed E-state index contributed by atoms with van der Waals surface area (Å²) in [6, 6.07) is 4.96. The summed E-state index contributed by atoms with van der Waals surface area (Å²) in [4.78, 5) is 39.1. The lowest BCUT2D eigenvalue weighted by Gasteiger charge is -2.07. The number of hydrogen-bond donors (Lipinski definition) is 1. The van der Waals surface area contributed by atoms with Gasteiger partial charge in [-0.1, -0.05) is 29.3 Å². The van der Waals surface area contributed by atoms with Crippen LogP contribution in [0.1, 0.15) is 5.56 Å². The molecule has 0 atom stereocenters. The number of fused-ring (bicyclic) bond motifs is 1. The molecule has 0 aliphatic rings. The molecule has 0 amide bonds. The molecule has 2 aromatic heterocycles. The Bertz CT molecular complexity index is 1100. The number of H-pyrrole nitrogens is 1. The van der Waals surface area contributed by atoms with E-state index in [1.807, 2.05) is 0 Å². The monoisotopic (exact) mass is 354 g/mol. The van der Waals surface area contributed by atoms with E-state index in [4.69, 9.17) is 23.2 Å². The van der Waals surface area contributed by atoms with Crippen LogP contribution in [0, 0.1) is 0 Å². The van der Waals surface area contributed by atoms with Gasteiger partial charge in [-0.3, -0.25) is 23.5 Å². The van der Waals surface area contributed by atoms with Crippen molar-refractivity contribution in [3.63, 3.8) is 0 Å². The molecule has 9 heteroatoms. The van der Waals surface area contributed by atoms with Crippen molar-refractivity contribution in [2.75, 3.05) is 0 Å². The minimum atomic E-state index is -0.540. The highest BCUT2D eigenvalue weighted by Crippen LogP contribution is 2.23. The van der Waals surface area contributed by atoms with Gasteiger partial charge >= 0.3 is 11.4 Å². The topological polar surface area (TPSA) is 81.8 Å². The Morgan fingerprint density at radius 3 is 2.39 bits per heavy atom. The van der Waals surface area contributed by atoms with E-state index >= 15 is 0 Å². The third kappa shape index (κ3) is 2.42. The van der Waals surface area contributed by atoms with Gasteiger partial charge in [0.2, 0.25) is 0 Å². The van der Waals surface area contributed by atoms with Crippen molar-refractivity contribution in [2.45, 2.75) is 6.54 Å². The van der Waals surface area contributed by atoms with E-state index in [9.17, 15) is 14.4 Å². The van der Waals surface area contributed by atoms with Crippen LogP contribution in [0.25, 0.3) is 11.2 Å². The van der Waals surface area contributed by atoms with Crippen LogP contribution in [0.5, 0.6) is 0 Å². The van der Waals surface area contributed by atoms with Crippen LogP contribution < -0.4 is 16.9 Å². The molecular formula is C14H12Cl2N4O3. The lowest BCUT2D eigenvalue weighted by atomic mass is 10.2. The molecule has 0 saturated carbocycles. The fourth-order valence-corrected chi connectivity index (χ4v) is 2.78. The van der Waals surface area contributed by atoms with E-state index in [0.29, 0.717) is 15.6 Å². The normalized spacial score (nSPS) is 11.3. The molecule has 2 heterocycles. The van der Waals surface area contributed by atoms with Crippen LogP contribution in [-0.4, -0.2) is 18.7 Å². The van der Waals surface area contributed by atoms with Crippen LogP contribution in [0.4, 0.5) is 0 Å². The van der Waals surface area contributed by atoms with Crippen molar-refractivity contribution in [3.8, 4) is 0 Å². The van der Waals surface area contributed by atoms with Gasteiger partial charge in [0.05, 0.1) is 16.6 Å². The first-order chi connectivity index (χ1) is 10.8. The first-order valence-corrected chi connectivity index (χ1v) is 7.39. The largest absolute Gasteiger partial charge is 0.332 e. The molecule has 0 radical (unpaired) electrons. The maximum absolute atomic E-state index is 12.4. The molecule has 1 aromatic carbocycles. The second-order valence-corrected chi connectivity index (χ2v) is 5.98. The van der Waals surface area contributed by atoms with Gasteiger partial charge in [-0.2, -0.15) is 0 Å². The smallest absolute Gasteiger partial charge is 0.291 e. The minimum absolute atomic E-state index is 0.128. The number of aromatic nitrogens is 4. The zero-order valence-electron chi connectivity index (χ0n) is 12.3. The van der Waals surface area contributed by atoms with Gasteiger partial charge in [0.1, 0.15) is 5.65 Å². The molecule has 23 heavy (non-hydrogen) atoms. The van der Waals surface area contributed by atoms with Gasteiger partial charge in [-0.25, -0.2) is 9.59 Å².